The topological polar surface area (TPSA) is 52.6 Å². The first kappa shape index (κ1) is 9.32. The van der Waals surface area contributed by atoms with Gasteiger partial charge in [0, 0.05) is 25.2 Å². The minimum absolute atomic E-state index is 0.278. The summed E-state index contributed by atoms with van der Waals surface area (Å²) in [4.78, 5) is 12.1. The van der Waals surface area contributed by atoms with Gasteiger partial charge in [-0.2, -0.15) is 0 Å². The molecule has 0 aromatic carbocycles. The van der Waals surface area contributed by atoms with Crippen molar-refractivity contribution in [2.24, 2.45) is 0 Å². The largest absolute Gasteiger partial charge is 0.465 e. The molecule has 2 unspecified atom stereocenters. The minimum Gasteiger partial charge on any atom is -0.465 e. The van der Waals surface area contributed by atoms with Gasteiger partial charge >= 0.3 is 6.09 Å². The van der Waals surface area contributed by atoms with Gasteiger partial charge in [-0.05, 0) is 13.3 Å². The quantitative estimate of drug-likeness (QED) is 0.613. The summed E-state index contributed by atoms with van der Waals surface area (Å²) < 4.78 is 0. The predicted molar refractivity (Wildman–Crippen MR) is 46.3 cm³/mol. The SMILES string of the molecule is CCC1CN(C(=O)O)CC(C)N1. The summed E-state index contributed by atoms with van der Waals surface area (Å²) in [6.45, 7) is 5.30. The summed E-state index contributed by atoms with van der Waals surface area (Å²) in [6.07, 6.45) is 0.176. The molecule has 1 saturated heterocycles. The molecule has 2 N–H and O–H groups in total. The van der Waals surface area contributed by atoms with E-state index in [0.717, 1.165) is 6.42 Å². The van der Waals surface area contributed by atoms with Crippen molar-refractivity contribution in [2.45, 2.75) is 32.4 Å². The molecule has 1 rings (SSSR count). The molecule has 0 aromatic rings. The van der Waals surface area contributed by atoms with E-state index in [9.17, 15) is 4.79 Å². The molecule has 0 saturated carbocycles. The zero-order valence-electron chi connectivity index (χ0n) is 7.58. The van der Waals surface area contributed by atoms with Gasteiger partial charge in [0.25, 0.3) is 0 Å². The van der Waals surface area contributed by atoms with Crippen LogP contribution in [0.5, 0.6) is 0 Å². The number of rotatable bonds is 1. The maximum atomic E-state index is 10.7. The summed E-state index contributed by atoms with van der Waals surface area (Å²) in [5.41, 5.74) is 0. The zero-order chi connectivity index (χ0) is 9.14. The van der Waals surface area contributed by atoms with Gasteiger partial charge in [-0.25, -0.2) is 4.79 Å². The summed E-state index contributed by atoms with van der Waals surface area (Å²) in [7, 11) is 0. The van der Waals surface area contributed by atoms with Crippen LogP contribution in [0.3, 0.4) is 0 Å². The average Bonchev–Trinajstić information content (AvgIpc) is 2.03. The number of nitrogens with zero attached hydrogens (tertiary/aromatic N) is 1. The van der Waals surface area contributed by atoms with Crippen molar-refractivity contribution < 1.29 is 9.90 Å². The van der Waals surface area contributed by atoms with Crippen LogP contribution in [0.2, 0.25) is 0 Å². The molecule has 0 aliphatic carbocycles. The van der Waals surface area contributed by atoms with Crippen LogP contribution in [0.1, 0.15) is 20.3 Å². The lowest BCUT2D eigenvalue weighted by atomic mass is 10.1. The summed E-state index contributed by atoms with van der Waals surface area (Å²) >= 11 is 0. The Bertz CT molecular complexity index is 172. The summed E-state index contributed by atoms with van der Waals surface area (Å²) in [5.74, 6) is 0. The molecule has 0 bridgehead atoms. The molecule has 0 aromatic heterocycles. The molecule has 0 spiro atoms. The van der Waals surface area contributed by atoms with Crippen molar-refractivity contribution in [1.82, 2.24) is 10.2 Å². The van der Waals surface area contributed by atoms with Crippen LogP contribution in [-0.2, 0) is 0 Å². The van der Waals surface area contributed by atoms with E-state index in [4.69, 9.17) is 5.11 Å². The van der Waals surface area contributed by atoms with Crippen molar-refractivity contribution in [3.8, 4) is 0 Å². The first-order chi connectivity index (χ1) is 5.63. The molecule has 1 aliphatic rings. The Morgan fingerprint density at radius 3 is 2.83 bits per heavy atom. The maximum absolute atomic E-state index is 10.7. The highest BCUT2D eigenvalue weighted by Gasteiger charge is 2.25. The second-order valence-corrected chi connectivity index (χ2v) is 3.36. The fourth-order valence-electron chi connectivity index (χ4n) is 1.58. The van der Waals surface area contributed by atoms with Crippen LogP contribution in [0.4, 0.5) is 4.79 Å². The highest BCUT2D eigenvalue weighted by atomic mass is 16.4. The number of hydrogen-bond acceptors (Lipinski definition) is 2. The molecule has 1 fully saturated rings. The third-order valence-corrected chi connectivity index (χ3v) is 2.22. The van der Waals surface area contributed by atoms with Gasteiger partial charge in [-0.3, -0.25) is 0 Å². The van der Waals surface area contributed by atoms with E-state index in [2.05, 4.69) is 12.2 Å². The van der Waals surface area contributed by atoms with Crippen molar-refractivity contribution in [2.75, 3.05) is 13.1 Å². The van der Waals surface area contributed by atoms with Crippen LogP contribution in [-0.4, -0.2) is 41.3 Å². The lowest BCUT2D eigenvalue weighted by Gasteiger charge is -2.35. The maximum Gasteiger partial charge on any atom is 0.407 e. The van der Waals surface area contributed by atoms with E-state index in [1.807, 2.05) is 6.92 Å². The molecule has 12 heavy (non-hydrogen) atoms. The molecule has 70 valence electrons. The molecule has 0 radical (unpaired) electrons. The minimum atomic E-state index is -0.804. The molecule has 1 amide bonds. The zero-order valence-corrected chi connectivity index (χ0v) is 7.58. The summed E-state index contributed by atoms with van der Waals surface area (Å²) in [5, 5.41) is 12.1. The standard InChI is InChI=1S/C8H16N2O2/c1-3-7-5-10(8(11)12)4-6(2)9-7/h6-7,9H,3-5H2,1-2H3,(H,11,12). The van der Waals surface area contributed by atoms with Crippen molar-refractivity contribution in [3.63, 3.8) is 0 Å². The van der Waals surface area contributed by atoms with Gasteiger partial charge in [0.15, 0.2) is 0 Å². The van der Waals surface area contributed by atoms with Gasteiger partial charge in [-0.15, -0.1) is 0 Å². The predicted octanol–water partition coefficient (Wildman–Crippen LogP) is 0.737. The van der Waals surface area contributed by atoms with E-state index >= 15 is 0 Å². The highest BCUT2D eigenvalue weighted by Crippen LogP contribution is 2.06. The molecule has 4 nitrogen and oxygen atoms in total. The first-order valence-corrected chi connectivity index (χ1v) is 4.37. The fourth-order valence-corrected chi connectivity index (χ4v) is 1.58. The summed E-state index contributed by atoms with van der Waals surface area (Å²) in [6, 6.07) is 0.602. The normalized spacial score (nSPS) is 30.3. The van der Waals surface area contributed by atoms with Crippen LogP contribution in [0.25, 0.3) is 0 Å². The van der Waals surface area contributed by atoms with Crippen LogP contribution >= 0.6 is 0 Å². The lowest BCUT2D eigenvalue weighted by molar-refractivity contribution is 0.117. The Labute approximate surface area is 72.6 Å². The van der Waals surface area contributed by atoms with Crippen molar-refractivity contribution >= 4 is 6.09 Å². The number of amides is 1. The van der Waals surface area contributed by atoms with Gasteiger partial charge in [0.1, 0.15) is 0 Å². The molecule has 1 aliphatic heterocycles. The number of hydrogen-bond donors (Lipinski definition) is 2. The van der Waals surface area contributed by atoms with Crippen molar-refractivity contribution in [1.29, 1.82) is 0 Å². The van der Waals surface area contributed by atoms with Crippen molar-refractivity contribution in [3.05, 3.63) is 0 Å². The molecule has 2 atom stereocenters. The monoisotopic (exact) mass is 172 g/mol. The van der Waals surface area contributed by atoms with Gasteiger partial charge in [-0.1, -0.05) is 6.92 Å². The second kappa shape index (κ2) is 3.76. The van der Waals surface area contributed by atoms with Crippen LogP contribution in [0, 0.1) is 0 Å². The number of nitrogens with one attached hydrogen (secondary N) is 1. The third-order valence-electron chi connectivity index (χ3n) is 2.22. The molecule has 4 heteroatoms. The second-order valence-electron chi connectivity index (χ2n) is 3.36. The Morgan fingerprint density at radius 1 is 1.67 bits per heavy atom. The molecular weight excluding hydrogens is 156 g/mol. The Balaban J connectivity index is 2.51. The Hall–Kier alpha value is -0.770. The van der Waals surface area contributed by atoms with Gasteiger partial charge < -0.3 is 15.3 Å². The number of carbonyl (C=O) groups is 1. The third kappa shape index (κ3) is 2.11. The van der Waals surface area contributed by atoms with E-state index in [1.54, 1.807) is 0 Å². The number of piperazine rings is 1. The van der Waals surface area contributed by atoms with Gasteiger partial charge in [0.2, 0.25) is 0 Å². The smallest absolute Gasteiger partial charge is 0.407 e. The van der Waals surface area contributed by atoms with Crippen LogP contribution in [0.15, 0.2) is 0 Å². The van der Waals surface area contributed by atoms with E-state index in [0.29, 0.717) is 19.1 Å². The first-order valence-electron chi connectivity index (χ1n) is 4.37. The fraction of sp³-hybridized carbons (Fsp3) is 0.875. The molecule has 1 heterocycles. The Morgan fingerprint density at radius 2 is 2.33 bits per heavy atom. The Kier molecular flexibility index (Phi) is 2.92. The van der Waals surface area contributed by atoms with E-state index in [1.165, 1.54) is 4.90 Å². The van der Waals surface area contributed by atoms with Crippen LogP contribution < -0.4 is 5.32 Å². The van der Waals surface area contributed by atoms with Gasteiger partial charge in [0.05, 0.1) is 0 Å². The van der Waals surface area contributed by atoms with E-state index in [-0.39, 0.29) is 6.04 Å². The lowest BCUT2D eigenvalue weighted by Crippen LogP contribution is -2.56. The van der Waals surface area contributed by atoms with E-state index < -0.39 is 6.09 Å². The highest BCUT2D eigenvalue weighted by molar-refractivity contribution is 5.65. The number of carboxylic acid groups (broad SMARTS) is 1. The average molecular weight is 172 g/mol. The molecular formula is C8H16N2O2.